The minimum atomic E-state index is -0.913. The number of carbonyl (C=O) groups is 1. The first kappa shape index (κ1) is 16.1. The normalized spacial score (nSPS) is 28.1. The lowest BCUT2D eigenvalue weighted by molar-refractivity contribution is -0.124. The van der Waals surface area contributed by atoms with Crippen LogP contribution < -0.4 is 14.8 Å². The highest BCUT2D eigenvalue weighted by atomic mass is 16.5. The number of benzene rings is 1. The number of aliphatic hydroxyl groups is 2. The van der Waals surface area contributed by atoms with Crippen LogP contribution >= 0.6 is 0 Å². The molecule has 6 nitrogen and oxygen atoms in total. The molecule has 0 saturated heterocycles. The van der Waals surface area contributed by atoms with E-state index < -0.39 is 18.2 Å². The number of amides is 1. The largest absolute Gasteiger partial charge is 0.483 e. The summed E-state index contributed by atoms with van der Waals surface area (Å²) in [5.41, 5.74) is 0.802. The Morgan fingerprint density at radius 2 is 2.17 bits per heavy atom. The van der Waals surface area contributed by atoms with E-state index in [1.165, 1.54) is 0 Å². The van der Waals surface area contributed by atoms with Crippen molar-refractivity contribution in [1.29, 1.82) is 0 Å². The fourth-order valence-electron chi connectivity index (χ4n) is 3.21. The SMILES string of the molecule is CC1(C)Cc2cccc(OCC(=O)N[C@@H]3CC[C@@H](O)[C@@H]3O)c2O1. The van der Waals surface area contributed by atoms with Crippen LogP contribution in [0, 0.1) is 0 Å². The van der Waals surface area contributed by atoms with Crippen LogP contribution in [0.25, 0.3) is 0 Å². The number of fused-ring (bicyclic) bond motifs is 1. The first-order valence-electron chi connectivity index (χ1n) is 7.95. The van der Waals surface area contributed by atoms with Crippen LogP contribution in [0.4, 0.5) is 0 Å². The van der Waals surface area contributed by atoms with Gasteiger partial charge in [-0.2, -0.15) is 0 Å². The lowest BCUT2D eigenvalue weighted by atomic mass is 10.0. The number of rotatable bonds is 4. The molecule has 1 aliphatic carbocycles. The molecule has 3 rings (SSSR count). The van der Waals surface area contributed by atoms with E-state index in [0.29, 0.717) is 24.3 Å². The van der Waals surface area contributed by atoms with Gasteiger partial charge in [0.25, 0.3) is 5.91 Å². The number of aliphatic hydroxyl groups excluding tert-OH is 2. The van der Waals surface area contributed by atoms with Crippen LogP contribution in [0.1, 0.15) is 32.3 Å². The number of ether oxygens (including phenoxy) is 2. The zero-order valence-electron chi connectivity index (χ0n) is 13.4. The molecule has 0 unspecified atom stereocenters. The molecule has 1 aliphatic heterocycles. The summed E-state index contributed by atoms with van der Waals surface area (Å²) in [5.74, 6) is 0.926. The quantitative estimate of drug-likeness (QED) is 0.763. The average molecular weight is 321 g/mol. The molecule has 1 amide bonds. The Morgan fingerprint density at radius 3 is 2.87 bits per heavy atom. The summed E-state index contributed by atoms with van der Waals surface area (Å²) in [6.07, 6.45) is 0.171. The molecule has 0 spiro atoms. The Kier molecular flexibility index (Phi) is 4.21. The molecule has 1 heterocycles. The van der Waals surface area contributed by atoms with Gasteiger partial charge in [0.1, 0.15) is 5.60 Å². The van der Waals surface area contributed by atoms with Crippen LogP contribution in [0.3, 0.4) is 0 Å². The fraction of sp³-hybridized carbons (Fsp3) is 0.588. The standard InChI is InChI=1S/C17H23NO5/c1-17(2)8-10-4-3-5-13(16(10)23-17)22-9-14(20)18-11-6-7-12(19)15(11)21/h3-5,11-12,15,19,21H,6-9H2,1-2H3,(H,18,20)/t11-,12-,15-/m1/s1. The van der Waals surface area contributed by atoms with E-state index in [-0.39, 0.29) is 18.1 Å². The Bertz CT molecular complexity index is 601. The summed E-state index contributed by atoms with van der Waals surface area (Å²) in [6.45, 7) is 3.87. The molecule has 1 saturated carbocycles. The first-order chi connectivity index (χ1) is 10.9. The van der Waals surface area contributed by atoms with Crippen molar-refractivity contribution in [3.8, 4) is 11.5 Å². The summed E-state index contributed by atoms with van der Waals surface area (Å²) in [4.78, 5) is 12.0. The highest BCUT2D eigenvalue weighted by Crippen LogP contribution is 2.41. The van der Waals surface area contributed by atoms with Gasteiger partial charge < -0.3 is 25.0 Å². The molecule has 3 N–H and O–H groups in total. The Morgan fingerprint density at radius 1 is 1.39 bits per heavy atom. The van der Waals surface area contributed by atoms with Gasteiger partial charge in [-0.15, -0.1) is 0 Å². The van der Waals surface area contributed by atoms with Crippen molar-refractivity contribution in [3.05, 3.63) is 23.8 Å². The minimum Gasteiger partial charge on any atom is -0.483 e. The number of nitrogens with one attached hydrogen (secondary N) is 1. The number of carbonyl (C=O) groups excluding carboxylic acids is 1. The van der Waals surface area contributed by atoms with Crippen molar-refractivity contribution in [2.75, 3.05) is 6.61 Å². The van der Waals surface area contributed by atoms with Gasteiger partial charge in [0.05, 0.1) is 18.2 Å². The lowest BCUT2D eigenvalue weighted by Gasteiger charge is -2.19. The molecule has 1 aromatic rings. The van der Waals surface area contributed by atoms with Crippen LogP contribution in [0.15, 0.2) is 18.2 Å². The average Bonchev–Trinajstić information content (AvgIpc) is 2.97. The van der Waals surface area contributed by atoms with E-state index >= 15 is 0 Å². The summed E-state index contributed by atoms with van der Waals surface area (Å²) >= 11 is 0. The van der Waals surface area contributed by atoms with Gasteiger partial charge >= 0.3 is 0 Å². The summed E-state index contributed by atoms with van der Waals surface area (Å²) in [6, 6.07) is 5.24. The van der Waals surface area contributed by atoms with Crippen molar-refractivity contribution in [2.24, 2.45) is 0 Å². The molecule has 3 atom stereocenters. The monoisotopic (exact) mass is 321 g/mol. The van der Waals surface area contributed by atoms with Crippen LogP contribution in [-0.2, 0) is 11.2 Å². The number of hydrogen-bond acceptors (Lipinski definition) is 5. The van der Waals surface area contributed by atoms with Gasteiger partial charge in [0, 0.05) is 12.0 Å². The van der Waals surface area contributed by atoms with Gasteiger partial charge in [0.2, 0.25) is 0 Å². The Balaban J connectivity index is 1.58. The molecule has 0 bridgehead atoms. The third-order valence-electron chi connectivity index (χ3n) is 4.34. The molecule has 0 radical (unpaired) electrons. The Labute approximate surface area is 135 Å². The van der Waals surface area contributed by atoms with E-state index in [2.05, 4.69) is 5.32 Å². The van der Waals surface area contributed by atoms with E-state index in [0.717, 1.165) is 12.0 Å². The van der Waals surface area contributed by atoms with Crippen molar-refractivity contribution in [1.82, 2.24) is 5.32 Å². The third kappa shape index (κ3) is 3.43. The van der Waals surface area contributed by atoms with Crippen LogP contribution in [0.5, 0.6) is 11.5 Å². The molecular weight excluding hydrogens is 298 g/mol. The molecule has 1 fully saturated rings. The predicted octanol–water partition coefficient (Wildman–Crippen LogP) is 0.779. The van der Waals surface area contributed by atoms with E-state index in [1.807, 2.05) is 26.0 Å². The molecule has 2 aliphatic rings. The van der Waals surface area contributed by atoms with E-state index in [1.54, 1.807) is 6.07 Å². The minimum absolute atomic E-state index is 0.153. The van der Waals surface area contributed by atoms with Gasteiger partial charge in [-0.1, -0.05) is 12.1 Å². The molecule has 126 valence electrons. The zero-order chi connectivity index (χ0) is 16.6. The second kappa shape index (κ2) is 6.02. The first-order valence-corrected chi connectivity index (χ1v) is 7.95. The van der Waals surface area contributed by atoms with Crippen molar-refractivity contribution in [2.45, 2.75) is 57.0 Å². The van der Waals surface area contributed by atoms with Gasteiger partial charge in [0.15, 0.2) is 18.1 Å². The summed E-state index contributed by atoms with van der Waals surface area (Å²) in [5, 5.41) is 21.9. The molecule has 23 heavy (non-hydrogen) atoms. The van der Waals surface area contributed by atoms with Crippen molar-refractivity contribution in [3.63, 3.8) is 0 Å². The van der Waals surface area contributed by atoms with E-state index in [4.69, 9.17) is 9.47 Å². The topological polar surface area (TPSA) is 88.0 Å². The lowest BCUT2D eigenvalue weighted by Crippen LogP contribution is -2.44. The van der Waals surface area contributed by atoms with Crippen molar-refractivity contribution < 1.29 is 24.5 Å². The highest BCUT2D eigenvalue weighted by Gasteiger charge is 2.35. The van der Waals surface area contributed by atoms with Crippen LogP contribution in [0.2, 0.25) is 0 Å². The smallest absolute Gasteiger partial charge is 0.258 e. The number of para-hydroxylation sites is 1. The third-order valence-corrected chi connectivity index (χ3v) is 4.34. The summed E-state index contributed by atoms with van der Waals surface area (Å²) < 4.78 is 11.5. The van der Waals surface area contributed by atoms with E-state index in [9.17, 15) is 15.0 Å². The summed E-state index contributed by atoms with van der Waals surface area (Å²) in [7, 11) is 0. The maximum absolute atomic E-state index is 12.0. The van der Waals surface area contributed by atoms with Crippen molar-refractivity contribution >= 4 is 5.91 Å². The van der Waals surface area contributed by atoms with Crippen LogP contribution in [-0.4, -0.2) is 46.6 Å². The highest BCUT2D eigenvalue weighted by molar-refractivity contribution is 5.78. The van der Waals surface area contributed by atoms with Gasteiger partial charge in [-0.25, -0.2) is 0 Å². The zero-order valence-corrected chi connectivity index (χ0v) is 13.4. The second-order valence-electron chi connectivity index (χ2n) is 6.88. The predicted molar refractivity (Wildman–Crippen MR) is 83.5 cm³/mol. The van der Waals surface area contributed by atoms with Gasteiger partial charge in [-0.3, -0.25) is 4.79 Å². The molecular formula is C17H23NO5. The Hall–Kier alpha value is -1.79. The number of hydrogen-bond donors (Lipinski definition) is 3. The molecule has 1 aromatic carbocycles. The fourth-order valence-corrected chi connectivity index (χ4v) is 3.21. The maximum Gasteiger partial charge on any atom is 0.258 e. The van der Waals surface area contributed by atoms with Gasteiger partial charge in [-0.05, 0) is 32.8 Å². The maximum atomic E-state index is 12.0. The second-order valence-corrected chi connectivity index (χ2v) is 6.88. The molecule has 6 heteroatoms. The molecule has 0 aromatic heterocycles.